The third-order valence-electron chi connectivity index (χ3n) is 4.37. The van der Waals surface area contributed by atoms with Crippen LogP contribution >= 0.6 is 0 Å². The smallest absolute Gasteiger partial charge is 0.253 e. The van der Waals surface area contributed by atoms with Crippen LogP contribution in [-0.2, 0) is 17.8 Å². The Bertz CT molecular complexity index is 991. The third-order valence-corrected chi connectivity index (χ3v) is 4.37. The molecule has 0 saturated carbocycles. The van der Waals surface area contributed by atoms with E-state index in [4.69, 9.17) is 0 Å². The Balaban J connectivity index is 1.73. The summed E-state index contributed by atoms with van der Waals surface area (Å²) in [5, 5.41) is 3.70. The minimum atomic E-state index is -0.336. The van der Waals surface area contributed by atoms with Gasteiger partial charge in [-0.25, -0.2) is 4.39 Å². The Hall–Kier alpha value is -2.95. The van der Waals surface area contributed by atoms with Gasteiger partial charge in [-0.1, -0.05) is 32.0 Å². The minimum absolute atomic E-state index is 0.142. The number of hydrogen-bond acceptors (Lipinski definition) is 2. The lowest BCUT2D eigenvalue weighted by atomic mass is 10.0. The van der Waals surface area contributed by atoms with Gasteiger partial charge in [0, 0.05) is 17.6 Å². The SMILES string of the molecule is CC(C)c1ccc2[nH]c(=O)c(CNC(=O)Cc3ccc(F)cc3)cc2c1. The monoisotopic (exact) mass is 352 g/mol. The van der Waals surface area contributed by atoms with Crippen LogP contribution in [-0.4, -0.2) is 10.9 Å². The van der Waals surface area contributed by atoms with Crippen molar-refractivity contribution in [2.45, 2.75) is 32.7 Å². The summed E-state index contributed by atoms with van der Waals surface area (Å²) in [7, 11) is 0. The van der Waals surface area contributed by atoms with Gasteiger partial charge in [-0.05, 0) is 52.8 Å². The standard InChI is InChI=1S/C21H21FN2O2/c1-13(2)15-5-8-19-16(10-15)11-17(21(26)24-19)12-23-20(25)9-14-3-6-18(22)7-4-14/h3-8,10-11,13H,9,12H2,1-2H3,(H,23,25)(H,24,26). The summed E-state index contributed by atoms with van der Waals surface area (Å²) < 4.78 is 12.9. The molecule has 1 aromatic heterocycles. The molecule has 0 atom stereocenters. The Morgan fingerprint density at radius 1 is 1.12 bits per heavy atom. The van der Waals surface area contributed by atoms with E-state index in [-0.39, 0.29) is 30.2 Å². The molecule has 0 aliphatic heterocycles. The molecule has 0 unspecified atom stereocenters. The Labute approximate surface area is 151 Å². The maximum atomic E-state index is 12.9. The molecule has 0 aliphatic rings. The number of aromatic nitrogens is 1. The third kappa shape index (κ3) is 4.17. The van der Waals surface area contributed by atoms with Crippen molar-refractivity contribution in [3.8, 4) is 0 Å². The number of H-pyrrole nitrogens is 1. The van der Waals surface area contributed by atoms with Gasteiger partial charge in [0.1, 0.15) is 5.82 Å². The first-order valence-electron chi connectivity index (χ1n) is 8.59. The van der Waals surface area contributed by atoms with E-state index >= 15 is 0 Å². The van der Waals surface area contributed by atoms with Crippen molar-refractivity contribution in [1.29, 1.82) is 0 Å². The molecule has 3 rings (SSSR count). The van der Waals surface area contributed by atoms with Gasteiger partial charge in [0.05, 0.1) is 6.42 Å². The van der Waals surface area contributed by atoms with Crippen molar-refractivity contribution in [3.05, 3.63) is 81.4 Å². The van der Waals surface area contributed by atoms with Crippen molar-refractivity contribution in [3.63, 3.8) is 0 Å². The van der Waals surface area contributed by atoms with Crippen LogP contribution in [0.4, 0.5) is 4.39 Å². The summed E-state index contributed by atoms with van der Waals surface area (Å²) in [6, 6.07) is 13.6. The molecule has 2 N–H and O–H groups in total. The fraction of sp³-hybridized carbons (Fsp3) is 0.238. The van der Waals surface area contributed by atoms with Crippen molar-refractivity contribution in [1.82, 2.24) is 10.3 Å². The van der Waals surface area contributed by atoms with Crippen molar-refractivity contribution < 1.29 is 9.18 Å². The Morgan fingerprint density at radius 2 is 1.85 bits per heavy atom. The number of amides is 1. The van der Waals surface area contributed by atoms with Crippen LogP contribution in [0.2, 0.25) is 0 Å². The average Bonchev–Trinajstić information content (AvgIpc) is 2.61. The highest BCUT2D eigenvalue weighted by Gasteiger charge is 2.08. The lowest BCUT2D eigenvalue weighted by Crippen LogP contribution is -2.28. The van der Waals surface area contributed by atoms with E-state index in [1.54, 1.807) is 12.1 Å². The van der Waals surface area contributed by atoms with Crippen LogP contribution in [0.5, 0.6) is 0 Å². The molecular weight excluding hydrogens is 331 g/mol. The summed E-state index contributed by atoms with van der Waals surface area (Å²) in [6.07, 6.45) is 0.142. The van der Waals surface area contributed by atoms with E-state index in [0.717, 1.165) is 16.5 Å². The molecule has 0 bridgehead atoms. The number of carbonyl (C=O) groups excluding carboxylic acids is 1. The van der Waals surface area contributed by atoms with Gasteiger partial charge in [-0.2, -0.15) is 0 Å². The van der Waals surface area contributed by atoms with E-state index < -0.39 is 0 Å². The van der Waals surface area contributed by atoms with E-state index in [1.807, 2.05) is 18.2 Å². The first-order chi connectivity index (χ1) is 12.4. The van der Waals surface area contributed by atoms with Crippen LogP contribution in [0.25, 0.3) is 10.9 Å². The number of fused-ring (bicyclic) bond motifs is 1. The molecule has 1 amide bonds. The fourth-order valence-corrected chi connectivity index (χ4v) is 2.80. The molecule has 26 heavy (non-hydrogen) atoms. The van der Waals surface area contributed by atoms with E-state index in [0.29, 0.717) is 11.5 Å². The maximum absolute atomic E-state index is 12.9. The number of halogens is 1. The van der Waals surface area contributed by atoms with Gasteiger partial charge in [-0.15, -0.1) is 0 Å². The molecule has 4 nitrogen and oxygen atoms in total. The van der Waals surface area contributed by atoms with Crippen molar-refractivity contribution in [2.24, 2.45) is 0 Å². The van der Waals surface area contributed by atoms with Crippen LogP contribution in [0.3, 0.4) is 0 Å². The first kappa shape index (κ1) is 17.9. The lowest BCUT2D eigenvalue weighted by Gasteiger charge is -2.09. The van der Waals surface area contributed by atoms with Gasteiger partial charge < -0.3 is 10.3 Å². The molecule has 0 radical (unpaired) electrons. The van der Waals surface area contributed by atoms with Crippen LogP contribution in [0.15, 0.2) is 53.3 Å². The Kier molecular flexibility index (Phi) is 5.16. The van der Waals surface area contributed by atoms with Crippen molar-refractivity contribution in [2.75, 3.05) is 0 Å². The quantitative estimate of drug-likeness (QED) is 0.736. The molecule has 0 fully saturated rings. The van der Waals surface area contributed by atoms with Crippen LogP contribution in [0.1, 0.15) is 36.5 Å². The summed E-state index contributed by atoms with van der Waals surface area (Å²) in [5.74, 6) is -0.158. The van der Waals surface area contributed by atoms with Crippen LogP contribution < -0.4 is 10.9 Å². The minimum Gasteiger partial charge on any atom is -0.352 e. The zero-order valence-electron chi connectivity index (χ0n) is 14.8. The van der Waals surface area contributed by atoms with Crippen LogP contribution in [0, 0.1) is 5.82 Å². The zero-order valence-corrected chi connectivity index (χ0v) is 14.8. The molecular formula is C21H21FN2O2. The highest BCUT2D eigenvalue weighted by atomic mass is 19.1. The predicted molar refractivity (Wildman–Crippen MR) is 101 cm³/mol. The normalized spacial score (nSPS) is 11.1. The second kappa shape index (κ2) is 7.52. The largest absolute Gasteiger partial charge is 0.352 e. The van der Waals surface area contributed by atoms with Gasteiger partial charge in [0.25, 0.3) is 5.56 Å². The molecule has 3 aromatic rings. The number of rotatable bonds is 5. The Morgan fingerprint density at radius 3 is 2.54 bits per heavy atom. The molecule has 1 heterocycles. The lowest BCUT2D eigenvalue weighted by molar-refractivity contribution is -0.120. The highest BCUT2D eigenvalue weighted by molar-refractivity contribution is 5.81. The number of pyridine rings is 1. The molecule has 0 saturated heterocycles. The van der Waals surface area contributed by atoms with E-state index in [2.05, 4.69) is 30.2 Å². The highest BCUT2D eigenvalue weighted by Crippen LogP contribution is 2.20. The molecule has 5 heteroatoms. The van der Waals surface area contributed by atoms with E-state index in [1.165, 1.54) is 17.7 Å². The maximum Gasteiger partial charge on any atom is 0.253 e. The van der Waals surface area contributed by atoms with Gasteiger partial charge in [0.15, 0.2) is 0 Å². The number of hydrogen-bond donors (Lipinski definition) is 2. The molecule has 0 aliphatic carbocycles. The molecule has 2 aromatic carbocycles. The van der Waals surface area contributed by atoms with Gasteiger partial charge in [0.2, 0.25) is 5.91 Å². The topological polar surface area (TPSA) is 62.0 Å². The summed E-state index contributed by atoms with van der Waals surface area (Å²) in [6.45, 7) is 4.38. The second-order valence-corrected chi connectivity index (χ2v) is 6.71. The number of nitrogens with one attached hydrogen (secondary N) is 2. The predicted octanol–water partition coefficient (Wildman–Crippen LogP) is 3.65. The first-order valence-corrected chi connectivity index (χ1v) is 8.59. The summed E-state index contributed by atoms with van der Waals surface area (Å²) in [4.78, 5) is 27.1. The molecule has 134 valence electrons. The van der Waals surface area contributed by atoms with Gasteiger partial charge in [-0.3, -0.25) is 9.59 Å². The summed E-state index contributed by atoms with van der Waals surface area (Å²) in [5.41, 5.74) is 2.98. The fourth-order valence-electron chi connectivity index (χ4n) is 2.80. The van der Waals surface area contributed by atoms with Gasteiger partial charge >= 0.3 is 0 Å². The number of carbonyl (C=O) groups is 1. The van der Waals surface area contributed by atoms with E-state index in [9.17, 15) is 14.0 Å². The second-order valence-electron chi connectivity index (χ2n) is 6.71. The zero-order chi connectivity index (χ0) is 18.7. The number of benzene rings is 2. The number of aromatic amines is 1. The summed E-state index contributed by atoms with van der Waals surface area (Å²) >= 11 is 0. The van der Waals surface area contributed by atoms with Crippen molar-refractivity contribution >= 4 is 16.8 Å². The molecule has 0 spiro atoms. The average molecular weight is 352 g/mol.